The van der Waals surface area contributed by atoms with Gasteiger partial charge in [-0.1, -0.05) is 38.3 Å². The molecule has 4 nitrogen and oxygen atoms in total. The SMILES string of the molecule is CCCCCCN1CC=Cc2c1ccc1occ(CCCNC(C)=O)c21. The number of rotatable bonds is 9. The first-order valence-electron chi connectivity index (χ1n) is 9.89. The van der Waals surface area contributed by atoms with Crippen molar-refractivity contribution in [3.63, 3.8) is 0 Å². The van der Waals surface area contributed by atoms with Gasteiger partial charge in [0.25, 0.3) is 0 Å². The van der Waals surface area contributed by atoms with Crippen molar-refractivity contribution < 1.29 is 9.21 Å². The van der Waals surface area contributed by atoms with Crippen LogP contribution >= 0.6 is 0 Å². The molecule has 0 spiro atoms. The molecular weight excluding hydrogens is 324 g/mol. The molecule has 1 N–H and O–H groups in total. The van der Waals surface area contributed by atoms with E-state index in [0.717, 1.165) is 31.5 Å². The molecule has 1 aromatic carbocycles. The standard InChI is InChI=1S/C22H30N2O2/c1-3-4-5-6-14-24-15-8-10-19-20(24)11-12-21-22(19)18(16-26-21)9-7-13-23-17(2)25/h8,10-12,16H,3-7,9,13-15H2,1-2H3,(H,23,25). The van der Waals surface area contributed by atoms with Crippen molar-refractivity contribution in [2.24, 2.45) is 0 Å². The molecule has 0 fully saturated rings. The van der Waals surface area contributed by atoms with E-state index < -0.39 is 0 Å². The van der Waals surface area contributed by atoms with Crippen LogP contribution in [-0.4, -0.2) is 25.5 Å². The lowest BCUT2D eigenvalue weighted by atomic mass is 9.98. The van der Waals surface area contributed by atoms with Crippen LogP contribution in [0.2, 0.25) is 0 Å². The number of hydrogen-bond acceptors (Lipinski definition) is 3. The number of benzene rings is 1. The molecule has 0 unspecified atom stereocenters. The van der Waals surface area contributed by atoms with Gasteiger partial charge in [-0.15, -0.1) is 0 Å². The maximum absolute atomic E-state index is 11.0. The molecule has 1 aromatic heterocycles. The molecule has 2 heterocycles. The molecule has 0 bridgehead atoms. The molecular formula is C22H30N2O2. The van der Waals surface area contributed by atoms with Crippen LogP contribution in [0.5, 0.6) is 0 Å². The highest BCUT2D eigenvalue weighted by Crippen LogP contribution is 2.36. The largest absolute Gasteiger partial charge is 0.464 e. The third-order valence-electron chi connectivity index (χ3n) is 5.06. The zero-order chi connectivity index (χ0) is 18.4. The number of hydrogen-bond donors (Lipinski definition) is 1. The fraction of sp³-hybridized carbons (Fsp3) is 0.500. The summed E-state index contributed by atoms with van der Waals surface area (Å²) in [6.45, 7) is 6.61. The summed E-state index contributed by atoms with van der Waals surface area (Å²) in [6, 6.07) is 4.30. The van der Waals surface area contributed by atoms with Gasteiger partial charge in [0.1, 0.15) is 5.58 Å². The number of unbranched alkanes of at least 4 members (excludes halogenated alkanes) is 3. The number of aryl methyl sites for hydroxylation is 1. The first kappa shape index (κ1) is 18.6. The van der Waals surface area contributed by atoms with Crippen LogP contribution < -0.4 is 10.2 Å². The van der Waals surface area contributed by atoms with E-state index >= 15 is 0 Å². The van der Waals surface area contributed by atoms with Crippen molar-refractivity contribution in [3.8, 4) is 0 Å². The second-order valence-electron chi connectivity index (χ2n) is 7.13. The molecule has 0 saturated carbocycles. The summed E-state index contributed by atoms with van der Waals surface area (Å²) in [4.78, 5) is 13.5. The molecule has 1 aliphatic rings. The lowest BCUT2D eigenvalue weighted by molar-refractivity contribution is -0.118. The zero-order valence-corrected chi connectivity index (χ0v) is 16.0. The van der Waals surface area contributed by atoms with Crippen LogP contribution in [0.1, 0.15) is 57.1 Å². The van der Waals surface area contributed by atoms with Gasteiger partial charge in [0, 0.05) is 43.2 Å². The van der Waals surface area contributed by atoms with Crippen LogP contribution in [0.15, 0.2) is 28.9 Å². The summed E-state index contributed by atoms with van der Waals surface area (Å²) >= 11 is 0. The van der Waals surface area contributed by atoms with Crippen LogP contribution in [0.4, 0.5) is 5.69 Å². The van der Waals surface area contributed by atoms with Gasteiger partial charge in [0.2, 0.25) is 5.91 Å². The minimum Gasteiger partial charge on any atom is -0.464 e. The van der Waals surface area contributed by atoms with Crippen LogP contribution in [0.25, 0.3) is 17.0 Å². The van der Waals surface area contributed by atoms with E-state index in [1.807, 2.05) is 6.26 Å². The number of nitrogens with one attached hydrogen (secondary N) is 1. The van der Waals surface area contributed by atoms with Gasteiger partial charge in [-0.3, -0.25) is 4.79 Å². The fourth-order valence-electron chi connectivity index (χ4n) is 3.72. The van der Waals surface area contributed by atoms with E-state index in [0.29, 0.717) is 6.54 Å². The van der Waals surface area contributed by atoms with E-state index in [1.165, 1.54) is 47.9 Å². The smallest absolute Gasteiger partial charge is 0.216 e. The van der Waals surface area contributed by atoms with Crippen molar-refractivity contribution >= 4 is 28.6 Å². The number of carbonyl (C=O) groups excluding carboxylic acids is 1. The van der Waals surface area contributed by atoms with Crippen molar-refractivity contribution in [1.29, 1.82) is 0 Å². The quantitative estimate of drug-likeness (QED) is 0.651. The van der Waals surface area contributed by atoms with E-state index in [1.54, 1.807) is 6.92 Å². The van der Waals surface area contributed by atoms with Crippen molar-refractivity contribution in [1.82, 2.24) is 5.32 Å². The Morgan fingerprint density at radius 2 is 2.12 bits per heavy atom. The van der Waals surface area contributed by atoms with Gasteiger partial charge >= 0.3 is 0 Å². The van der Waals surface area contributed by atoms with E-state index in [2.05, 4.69) is 41.4 Å². The van der Waals surface area contributed by atoms with Gasteiger partial charge < -0.3 is 14.6 Å². The Morgan fingerprint density at radius 1 is 1.23 bits per heavy atom. The number of carbonyl (C=O) groups is 1. The van der Waals surface area contributed by atoms with Crippen molar-refractivity contribution in [2.45, 2.75) is 52.4 Å². The summed E-state index contributed by atoms with van der Waals surface area (Å²) in [6.07, 6.45) is 13.3. The highest BCUT2D eigenvalue weighted by Gasteiger charge is 2.18. The molecule has 1 aliphatic heterocycles. The molecule has 0 atom stereocenters. The second-order valence-corrected chi connectivity index (χ2v) is 7.13. The van der Waals surface area contributed by atoms with Crippen molar-refractivity contribution in [2.75, 3.05) is 24.5 Å². The topological polar surface area (TPSA) is 45.5 Å². The van der Waals surface area contributed by atoms with Crippen LogP contribution in [0.3, 0.4) is 0 Å². The van der Waals surface area contributed by atoms with Gasteiger partial charge in [0.05, 0.1) is 6.26 Å². The molecule has 26 heavy (non-hydrogen) atoms. The molecule has 0 radical (unpaired) electrons. The van der Waals surface area contributed by atoms with Crippen molar-refractivity contribution in [3.05, 3.63) is 35.6 Å². The van der Waals surface area contributed by atoms with Crippen LogP contribution in [0, 0.1) is 0 Å². The minimum atomic E-state index is 0.0288. The lowest BCUT2D eigenvalue weighted by Crippen LogP contribution is -2.27. The third kappa shape index (κ3) is 4.29. The Hall–Kier alpha value is -2.23. The Kier molecular flexibility index (Phi) is 6.37. The molecule has 4 heteroatoms. The Balaban J connectivity index is 1.76. The predicted molar refractivity (Wildman–Crippen MR) is 109 cm³/mol. The second kappa shape index (κ2) is 8.93. The minimum absolute atomic E-state index is 0.0288. The first-order chi connectivity index (χ1) is 12.7. The Labute approximate surface area is 156 Å². The normalized spacial score (nSPS) is 13.2. The average Bonchev–Trinajstić information content (AvgIpc) is 3.06. The maximum atomic E-state index is 11.0. The molecule has 3 rings (SSSR count). The lowest BCUT2D eigenvalue weighted by Gasteiger charge is -2.28. The highest BCUT2D eigenvalue weighted by molar-refractivity contribution is 5.96. The number of furan rings is 1. The van der Waals surface area contributed by atoms with E-state index in [9.17, 15) is 4.79 Å². The van der Waals surface area contributed by atoms with E-state index in [4.69, 9.17) is 4.42 Å². The zero-order valence-electron chi connectivity index (χ0n) is 16.0. The van der Waals surface area contributed by atoms with Gasteiger partial charge in [-0.05, 0) is 37.0 Å². The molecule has 0 saturated heterocycles. The van der Waals surface area contributed by atoms with Gasteiger partial charge in [-0.2, -0.15) is 0 Å². The Bertz CT molecular complexity index is 776. The van der Waals surface area contributed by atoms with Crippen LogP contribution in [-0.2, 0) is 11.2 Å². The molecule has 0 aliphatic carbocycles. The number of nitrogens with zero attached hydrogens (tertiary/aromatic N) is 1. The molecule has 2 aromatic rings. The highest BCUT2D eigenvalue weighted by atomic mass is 16.3. The van der Waals surface area contributed by atoms with Gasteiger partial charge in [0.15, 0.2) is 0 Å². The monoisotopic (exact) mass is 354 g/mol. The fourth-order valence-corrected chi connectivity index (χ4v) is 3.72. The summed E-state index contributed by atoms with van der Waals surface area (Å²) in [5, 5.41) is 4.10. The number of fused-ring (bicyclic) bond motifs is 3. The first-order valence-corrected chi connectivity index (χ1v) is 9.89. The number of amides is 1. The maximum Gasteiger partial charge on any atom is 0.216 e. The average molecular weight is 354 g/mol. The Morgan fingerprint density at radius 3 is 2.92 bits per heavy atom. The van der Waals surface area contributed by atoms with Gasteiger partial charge in [-0.25, -0.2) is 0 Å². The summed E-state index contributed by atoms with van der Waals surface area (Å²) in [5.41, 5.74) is 4.80. The molecule has 140 valence electrons. The summed E-state index contributed by atoms with van der Waals surface area (Å²) < 4.78 is 5.80. The third-order valence-corrected chi connectivity index (χ3v) is 5.06. The summed E-state index contributed by atoms with van der Waals surface area (Å²) in [5.74, 6) is 0.0288. The van der Waals surface area contributed by atoms with E-state index in [-0.39, 0.29) is 5.91 Å². The summed E-state index contributed by atoms with van der Waals surface area (Å²) in [7, 11) is 0. The molecule has 1 amide bonds. The number of anilines is 1. The predicted octanol–water partition coefficient (Wildman–Crippen LogP) is 4.92.